The predicted octanol–water partition coefficient (Wildman–Crippen LogP) is 3.85. The molecule has 2 aromatic rings. The van der Waals surface area contributed by atoms with E-state index >= 15 is 0 Å². The monoisotopic (exact) mass is 366 g/mol. The van der Waals surface area contributed by atoms with Gasteiger partial charge in [0.25, 0.3) is 0 Å². The summed E-state index contributed by atoms with van der Waals surface area (Å²) in [6.45, 7) is 2.08. The number of unbranched alkanes of at least 4 members (excludes halogenated alkanes) is 1. The van der Waals surface area contributed by atoms with Crippen LogP contribution in [-0.4, -0.2) is 28.8 Å². The molecule has 1 aromatic heterocycles. The van der Waals surface area contributed by atoms with E-state index in [0.717, 1.165) is 30.2 Å². The average Bonchev–Trinajstić information content (AvgIpc) is 2.90. The van der Waals surface area contributed by atoms with Crippen molar-refractivity contribution in [1.82, 2.24) is 4.98 Å². The van der Waals surface area contributed by atoms with Crippen LogP contribution in [-0.2, 0) is 9.53 Å². The molecule has 0 unspecified atom stereocenters. The molecule has 1 atom stereocenters. The summed E-state index contributed by atoms with van der Waals surface area (Å²) in [6, 6.07) is 7.42. The number of aromatic nitrogens is 1. The first-order valence-corrected chi connectivity index (χ1v) is 8.14. The minimum absolute atomic E-state index is 0.164. The first-order valence-electron chi connectivity index (χ1n) is 7.22. The third-order valence-electron chi connectivity index (χ3n) is 3.44. The van der Waals surface area contributed by atoms with Crippen molar-refractivity contribution in [3.63, 3.8) is 0 Å². The van der Waals surface area contributed by atoms with Crippen LogP contribution in [0, 0.1) is 0 Å². The number of H-pyrrole nitrogens is 1. The Morgan fingerprint density at radius 3 is 2.77 bits per heavy atom. The number of carbonyl (C=O) groups excluding carboxylic acids is 2. The fourth-order valence-electron chi connectivity index (χ4n) is 2.24. The highest BCUT2D eigenvalue weighted by Gasteiger charge is 2.22. The Bertz CT molecular complexity index is 681. The van der Waals surface area contributed by atoms with Gasteiger partial charge in [-0.1, -0.05) is 53.9 Å². The van der Waals surface area contributed by atoms with Crippen LogP contribution in [0.5, 0.6) is 0 Å². The molecule has 0 aliphatic heterocycles. The maximum absolute atomic E-state index is 12.3. The number of methoxy groups -OCH3 is 1. The Kier molecular flexibility index (Phi) is 5.60. The zero-order chi connectivity index (χ0) is 16.1. The largest absolute Gasteiger partial charge is 0.464 e. The van der Waals surface area contributed by atoms with Crippen LogP contribution in [0.15, 0.2) is 24.3 Å². The SMILES string of the molecule is CCCC[C@H](Br)C(=O)Nc1c(C(=O)OC)[nH]c2ccccc12. The van der Waals surface area contributed by atoms with Crippen molar-refractivity contribution in [1.29, 1.82) is 0 Å². The summed E-state index contributed by atoms with van der Waals surface area (Å²) in [5, 5.41) is 3.62. The number of carbonyl (C=O) groups is 2. The van der Waals surface area contributed by atoms with Crippen LogP contribution in [0.1, 0.15) is 36.7 Å². The minimum Gasteiger partial charge on any atom is -0.464 e. The topological polar surface area (TPSA) is 71.2 Å². The van der Waals surface area contributed by atoms with E-state index in [-0.39, 0.29) is 16.4 Å². The van der Waals surface area contributed by atoms with Crippen LogP contribution >= 0.6 is 15.9 Å². The number of para-hydroxylation sites is 1. The van der Waals surface area contributed by atoms with Gasteiger partial charge in [0, 0.05) is 10.9 Å². The van der Waals surface area contributed by atoms with Gasteiger partial charge in [-0.05, 0) is 12.5 Å². The van der Waals surface area contributed by atoms with Gasteiger partial charge in [0.15, 0.2) is 0 Å². The number of esters is 1. The van der Waals surface area contributed by atoms with Crippen LogP contribution in [0.2, 0.25) is 0 Å². The molecule has 5 nitrogen and oxygen atoms in total. The van der Waals surface area contributed by atoms with Crippen LogP contribution in [0.4, 0.5) is 5.69 Å². The zero-order valence-electron chi connectivity index (χ0n) is 12.6. The molecule has 0 bridgehead atoms. The smallest absolute Gasteiger partial charge is 0.356 e. The first kappa shape index (κ1) is 16.5. The number of hydrogen-bond donors (Lipinski definition) is 2. The second-order valence-corrected chi connectivity index (χ2v) is 6.12. The molecular weight excluding hydrogens is 348 g/mol. The van der Waals surface area contributed by atoms with Gasteiger partial charge in [0.2, 0.25) is 5.91 Å². The third-order valence-corrected chi connectivity index (χ3v) is 4.31. The second-order valence-electron chi connectivity index (χ2n) is 5.01. The number of ether oxygens (including phenoxy) is 1. The van der Waals surface area contributed by atoms with Crippen LogP contribution < -0.4 is 5.32 Å². The molecule has 0 aliphatic carbocycles. The van der Waals surface area contributed by atoms with E-state index in [0.29, 0.717) is 5.69 Å². The number of fused-ring (bicyclic) bond motifs is 1. The summed E-state index contributed by atoms with van der Waals surface area (Å²) < 4.78 is 4.78. The summed E-state index contributed by atoms with van der Waals surface area (Å²) in [5.41, 5.74) is 1.50. The van der Waals surface area contributed by atoms with Crippen molar-refractivity contribution in [2.24, 2.45) is 0 Å². The van der Waals surface area contributed by atoms with Crippen molar-refractivity contribution >= 4 is 44.4 Å². The highest BCUT2D eigenvalue weighted by molar-refractivity contribution is 9.10. The van der Waals surface area contributed by atoms with Crippen molar-refractivity contribution < 1.29 is 14.3 Å². The lowest BCUT2D eigenvalue weighted by Crippen LogP contribution is -2.23. The second kappa shape index (κ2) is 7.45. The van der Waals surface area contributed by atoms with E-state index in [1.165, 1.54) is 7.11 Å². The van der Waals surface area contributed by atoms with Crippen molar-refractivity contribution in [2.45, 2.75) is 31.0 Å². The van der Waals surface area contributed by atoms with E-state index < -0.39 is 5.97 Å². The molecule has 1 amide bonds. The molecule has 0 spiro atoms. The van der Waals surface area contributed by atoms with Crippen LogP contribution in [0.3, 0.4) is 0 Å². The Morgan fingerprint density at radius 2 is 2.09 bits per heavy atom. The first-order chi connectivity index (χ1) is 10.6. The lowest BCUT2D eigenvalue weighted by atomic mass is 10.2. The molecule has 2 N–H and O–H groups in total. The number of rotatable bonds is 6. The number of hydrogen-bond acceptors (Lipinski definition) is 3. The van der Waals surface area contributed by atoms with Gasteiger partial charge in [-0.2, -0.15) is 0 Å². The quantitative estimate of drug-likeness (QED) is 0.602. The number of benzene rings is 1. The number of nitrogens with one attached hydrogen (secondary N) is 2. The number of halogens is 1. The standard InChI is InChI=1S/C16H19BrN2O3/c1-3-4-8-11(17)15(20)19-13-10-7-5-6-9-12(10)18-14(13)16(21)22-2/h5-7,9,11,18H,3-4,8H2,1-2H3,(H,19,20)/t11-/m0/s1. The summed E-state index contributed by atoms with van der Waals surface area (Å²) in [5.74, 6) is -0.672. The van der Waals surface area contributed by atoms with Gasteiger partial charge in [0.1, 0.15) is 5.69 Å². The van der Waals surface area contributed by atoms with E-state index in [4.69, 9.17) is 4.74 Å². The Balaban J connectivity index is 2.32. The van der Waals surface area contributed by atoms with Crippen molar-refractivity contribution in [3.8, 4) is 0 Å². The van der Waals surface area contributed by atoms with E-state index in [1.807, 2.05) is 24.3 Å². The summed E-state index contributed by atoms with van der Waals surface area (Å²) >= 11 is 3.39. The van der Waals surface area contributed by atoms with Gasteiger partial charge in [-0.25, -0.2) is 4.79 Å². The summed E-state index contributed by atoms with van der Waals surface area (Å²) in [4.78, 5) is 26.9. The molecule has 0 fully saturated rings. The van der Waals surface area contributed by atoms with Gasteiger partial charge < -0.3 is 15.0 Å². The maximum Gasteiger partial charge on any atom is 0.356 e. The molecule has 22 heavy (non-hydrogen) atoms. The third kappa shape index (κ3) is 3.50. The van der Waals surface area contributed by atoms with Gasteiger partial charge in [-0.3, -0.25) is 4.79 Å². The number of aromatic amines is 1. The zero-order valence-corrected chi connectivity index (χ0v) is 14.2. The molecule has 0 radical (unpaired) electrons. The molecule has 1 aromatic carbocycles. The number of anilines is 1. The van der Waals surface area contributed by atoms with E-state index in [9.17, 15) is 9.59 Å². The molecule has 6 heteroatoms. The molecule has 1 heterocycles. The number of alkyl halides is 1. The van der Waals surface area contributed by atoms with Crippen molar-refractivity contribution in [2.75, 3.05) is 12.4 Å². The molecular formula is C16H19BrN2O3. The van der Waals surface area contributed by atoms with Crippen molar-refractivity contribution in [3.05, 3.63) is 30.0 Å². The lowest BCUT2D eigenvalue weighted by Gasteiger charge is -2.11. The highest BCUT2D eigenvalue weighted by atomic mass is 79.9. The van der Waals surface area contributed by atoms with Gasteiger partial charge in [-0.15, -0.1) is 0 Å². The summed E-state index contributed by atoms with van der Waals surface area (Å²) in [6.07, 6.45) is 2.73. The Hall–Kier alpha value is -1.82. The minimum atomic E-state index is -0.508. The normalized spacial score (nSPS) is 12.1. The van der Waals surface area contributed by atoms with Crippen LogP contribution in [0.25, 0.3) is 10.9 Å². The predicted molar refractivity (Wildman–Crippen MR) is 90.5 cm³/mol. The molecule has 118 valence electrons. The summed E-state index contributed by atoms with van der Waals surface area (Å²) in [7, 11) is 1.31. The molecule has 0 saturated heterocycles. The highest BCUT2D eigenvalue weighted by Crippen LogP contribution is 2.29. The Labute approximate surface area is 137 Å². The fourth-order valence-corrected chi connectivity index (χ4v) is 2.68. The van der Waals surface area contributed by atoms with Gasteiger partial charge in [0.05, 0.1) is 17.6 Å². The molecule has 0 aliphatic rings. The van der Waals surface area contributed by atoms with E-state index in [2.05, 4.69) is 33.2 Å². The molecule has 0 saturated carbocycles. The van der Waals surface area contributed by atoms with E-state index in [1.54, 1.807) is 0 Å². The number of amides is 1. The fraction of sp³-hybridized carbons (Fsp3) is 0.375. The Morgan fingerprint density at radius 1 is 1.36 bits per heavy atom. The maximum atomic E-state index is 12.3. The average molecular weight is 367 g/mol. The molecule has 2 rings (SSSR count). The van der Waals surface area contributed by atoms with Gasteiger partial charge >= 0.3 is 5.97 Å². The lowest BCUT2D eigenvalue weighted by molar-refractivity contribution is -0.115.